The number of ether oxygens (including phenoxy) is 2. The van der Waals surface area contributed by atoms with Gasteiger partial charge in [0.2, 0.25) is 0 Å². The third-order valence-corrected chi connectivity index (χ3v) is 8.94. The molecule has 0 unspecified atom stereocenters. The van der Waals surface area contributed by atoms with Gasteiger partial charge in [0.25, 0.3) is 0 Å². The second kappa shape index (κ2) is 39.6. The summed E-state index contributed by atoms with van der Waals surface area (Å²) in [4.78, 5) is 24.3. The van der Waals surface area contributed by atoms with Crippen LogP contribution >= 0.6 is 0 Å². The SMILES string of the molecule is CCCCC/C=C/C/C=C/C/C=C/CCCCCCC(=O)OC[C@H](CO)OC(=O)CCCCCCCCCCCCCCCCCCC. The standard InChI is InChI=1S/C43H78O5/c1-3-5-7-9-11-13-15-17-19-21-23-25-27-29-31-33-35-37-42(45)47-40-41(39-44)48-43(46)38-36-34-32-30-28-26-24-22-20-18-16-14-12-10-8-6-4-2/h11,13,17,19,23,25,41,44H,3-10,12,14-16,18,20-22,24,26-40H2,1-2H3/b13-11+,19-17+,25-23+/t41-/m0/s1. The predicted octanol–water partition coefficient (Wildman–Crippen LogP) is 12.8. The Morgan fingerprint density at radius 3 is 1.29 bits per heavy atom. The second-order valence-corrected chi connectivity index (χ2v) is 13.7. The molecular weight excluding hydrogens is 596 g/mol. The van der Waals surface area contributed by atoms with E-state index < -0.39 is 6.10 Å². The number of hydrogen-bond donors (Lipinski definition) is 1. The molecule has 0 aliphatic heterocycles. The summed E-state index contributed by atoms with van der Waals surface area (Å²) in [5.41, 5.74) is 0. The van der Waals surface area contributed by atoms with E-state index in [2.05, 4.69) is 50.3 Å². The molecule has 0 saturated carbocycles. The van der Waals surface area contributed by atoms with Gasteiger partial charge in [0.1, 0.15) is 6.61 Å². The Kier molecular flexibility index (Phi) is 38.0. The first-order chi connectivity index (χ1) is 23.6. The maximum Gasteiger partial charge on any atom is 0.306 e. The highest BCUT2D eigenvalue weighted by molar-refractivity contribution is 5.70. The largest absolute Gasteiger partial charge is 0.462 e. The number of carbonyl (C=O) groups excluding carboxylic acids is 2. The Labute approximate surface area is 297 Å². The number of aliphatic hydroxyl groups excluding tert-OH is 1. The zero-order valence-electron chi connectivity index (χ0n) is 31.7. The third-order valence-electron chi connectivity index (χ3n) is 8.94. The van der Waals surface area contributed by atoms with Crippen molar-refractivity contribution in [3.63, 3.8) is 0 Å². The lowest BCUT2D eigenvalue weighted by atomic mass is 10.0. The van der Waals surface area contributed by atoms with Crippen LogP contribution in [0.3, 0.4) is 0 Å². The molecule has 0 radical (unpaired) electrons. The molecule has 0 amide bonds. The van der Waals surface area contributed by atoms with Crippen LogP contribution in [0.4, 0.5) is 0 Å². The zero-order chi connectivity index (χ0) is 35.0. The van der Waals surface area contributed by atoms with Crippen molar-refractivity contribution in [3.05, 3.63) is 36.5 Å². The smallest absolute Gasteiger partial charge is 0.306 e. The van der Waals surface area contributed by atoms with Crippen LogP contribution in [0, 0.1) is 0 Å². The van der Waals surface area contributed by atoms with Gasteiger partial charge in [0.05, 0.1) is 6.61 Å². The lowest BCUT2D eigenvalue weighted by Crippen LogP contribution is -2.28. The van der Waals surface area contributed by atoms with E-state index >= 15 is 0 Å². The van der Waals surface area contributed by atoms with Gasteiger partial charge in [0, 0.05) is 12.8 Å². The van der Waals surface area contributed by atoms with Crippen molar-refractivity contribution < 1.29 is 24.2 Å². The summed E-state index contributed by atoms with van der Waals surface area (Å²) in [6, 6.07) is 0. The fourth-order valence-electron chi connectivity index (χ4n) is 5.80. The van der Waals surface area contributed by atoms with Crippen LogP contribution in [0.15, 0.2) is 36.5 Å². The molecule has 0 aromatic heterocycles. The van der Waals surface area contributed by atoms with E-state index in [0.717, 1.165) is 64.2 Å². The minimum absolute atomic E-state index is 0.0748. The van der Waals surface area contributed by atoms with E-state index in [1.165, 1.54) is 116 Å². The Bertz CT molecular complexity index is 771. The van der Waals surface area contributed by atoms with Gasteiger partial charge in [-0.3, -0.25) is 9.59 Å². The number of hydrogen-bond acceptors (Lipinski definition) is 5. The highest BCUT2D eigenvalue weighted by atomic mass is 16.6. The molecule has 0 saturated heterocycles. The van der Waals surface area contributed by atoms with Crippen LogP contribution in [0.5, 0.6) is 0 Å². The Morgan fingerprint density at radius 2 is 0.833 bits per heavy atom. The van der Waals surface area contributed by atoms with Gasteiger partial charge in [-0.25, -0.2) is 0 Å². The van der Waals surface area contributed by atoms with E-state index in [9.17, 15) is 14.7 Å². The number of carbonyl (C=O) groups is 2. The first-order valence-electron chi connectivity index (χ1n) is 20.5. The highest BCUT2D eigenvalue weighted by Crippen LogP contribution is 2.15. The molecule has 0 aromatic carbocycles. The maximum absolute atomic E-state index is 12.2. The molecule has 280 valence electrons. The first-order valence-corrected chi connectivity index (χ1v) is 20.5. The molecule has 0 aliphatic rings. The van der Waals surface area contributed by atoms with Crippen molar-refractivity contribution >= 4 is 11.9 Å². The summed E-state index contributed by atoms with van der Waals surface area (Å²) in [7, 11) is 0. The summed E-state index contributed by atoms with van der Waals surface area (Å²) in [5, 5.41) is 9.56. The lowest BCUT2D eigenvalue weighted by molar-refractivity contribution is -0.161. The van der Waals surface area contributed by atoms with Crippen molar-refractivity contribution in [1.29, 1.82) is 0 Å². The van der Waals surface area contributed by atoms with E-state index in [1.54, 1.807) is 0 Å². The summed E-state index contributed by atoms with van der Waals surface area (Å²) in [6.45, 7) is 4.10. The molecule has 0 aromatic rings. The zero-order valence-corrected chi connectivity index (χ0v) is 31.7. The number of rotatable bonds is 37. The van der Waals surface area contributed by atoms with Crippen LogP contribution in [0.25, 0.3) is 0 Å². The molecule has 48 heavy (non-hydrogen) atoms. The summed E-state index contributed by atoms with van der Waals surface area (Å²) in [6.07, 6.45) is 47.7. The summed E-state index contributed by atoms with van der Waals surface area (Å²) >= 11 is 0. The predicted molar refractivity (Wildman–Crippen MR) is 205 cm³/mol. The molecule has 0 fully saturated rings. The van der Waals surface area contributed by atoms with Crippen LogP contribution < -0.4 is 0 Å². The van der Waals surface area contributed by atoms with Crippen molar-refractivity contribution in [2.24, 2.45) is 0 Å². The second-order valence-electron chi connectivity index (χ2n) is 13.7. The van der Waals surface area contributed by atoms with Gasteiger partial charge in [0.15, 0.2) is 6.10 Å². The molecular formula is C43H78O5. The molecule has 0 rings (SSSR count). The molecule has 1 atom stereocenters. The first kappa shape index (κ1) is 46.1. The van der Waals surface area contributed by atoms with Crippen molar-refractivity contribution in [2.75, 3.05) is 13.2 Å². The number of unbranched alkanes of at least 4 members (excludes halogenated alkanes) is 23. The Hall–Kier alpha value is -1.88. The number of allylic oxidation sites excluding steroid dienone is 6. The molecule has 0 heterocycles. The van der Waals surface area contributed by atoms with E-state index in [4.69, 9.17) is 9.47 Å². The van der Waals surface area contributed by atoms with E-state index in [-0.39, 0.29) is 25.2 Å². The normalized spacial score (nSPS) is 12.5. The molecule has 0 aliphatic carbocycles. The Morgan fingerprint density at radius 1 is 0.479 bits per heavy atom. The monoisotopic (exact) mass is 675 g/mol. The summed E-state index contributed by atoms with van der Waals surface area (Å²) in [5.74, 6) is -0.610. The van der Waals surface area contributed by atoms with Gasteiger partial charge in [-0.2, -0.15) is 0 Å². The fourth-order valence-corrected chi connectivity index (χ4v) is 5.80. The molecule has 1 N–H and O–H groups in total. The molecule has 0 bridgehead atoms. The maximum atomic E-state index is 12.2. The van der Waals surface area contributed by atoms with E-state index in [0.29, 0.717) is 12.8 Å². The quantitative estimate of drug-likeness (QED) is 0.0403. The van der Waals surface area contributed by atoms with Gasteiger partial charge >= 0.3 is 11.9 Å². The molecule has 5 heteroatoms. The summed E-state index contributed by atoms with van der Waals surface area (Å²) < 4.78 is 10.6. The fraction of sp³-hybridized carbons (Fsp3) is 0.814. The van der Waals surface area contributed by atoms with Crippen LogP contribution in [0.2, 0.25) is 0 Å². The van der Waals surface area contributed by atoms with Crippen molar-refractivity contribution in [2.45, 2.75) is 213 Å². The van der Waals surface area contributed by atoms with E-state index in [1.807, 2.05) is 0 Å². The van der Waals surface area contributed by atoms with Gasteiger partial charge < -0.3 is 14.6 Å². The lowest BCUT2D eigenvalue weighted by Gasteiger charge is -2.15. The Balaban J connectivity index is 3.57. The van der Waals surface area contributed by atoms with Crippen LogP contribution in [-0.2, 0) is 19.1 Å². The molecule has 0 spiro atoms. The van der Waals surface area contributed by atoms with Gasteiger partial charge in [-0.15, -0.1) is 0 Å². The average Bonchev–Trinajstić information content (AvgIpc) is 3.09. The van der Waals surface area contributed by atoms with Crippen molar-refractivity contribution in [3.8, 4) is 0 Å². The minimum atomic E-state index is -0.777. The van der Waals surface area contributed by atoms with Crippen LogP contribution in [-0.4, -0.2) is 36.4 Å². The number of esters is 2. The van der Waals surface area contributed by atoms with Crippen LogP contribution in [0.1, 0.15) is 206 Å². The highest BCUT2D eigenvalue weighted by Gasteiger charge is 2.16. The third kappa shape index (κ3) is 36.9. The average molecular weight is 675 g/mol. The van der Waals surface area contributed by atoms with Gasteiger partial charge in [-0.1, -0.05) is 179 Å². The topological polar surface area (TPSA) is 72.8 Å². The van der Waals surface area contributed by atoms with Gasteiger partial charge in [-0.05, 0) is 51.4 Å². The number of aliphatic hydroxyl groups is 1. The minimum Gasteiger partial charge on any atom is -0.462 e. The molecule has 5 nitrogen and oxygen atoms in total. The van der Waals surface area contributed by atoms with Crippen molar-refractivity contribution in [1.82, 2.24) is 0 Å².